The lowest BCUT2D eigenvalue weighted by Gasteiger charge is -1.96. The fraction of sp³-hybridized carbons (Fsp3) is 0.154. The van der Waals surface area contributed by atoms with Gasteiger partial charge in [-0.1, -0.05) is 35.3 Å². The van der Waals surface area contributed by atoms with Gasteiger partial charge in [-0.25, -0.2) is 0 Å². The fourth-order valence-corrected chi connectivity index (χ4v) is 2.08. The van der Waals surface area contributed by atoms with Crippen LogP contribution in [-0.4, -0.2) is 10.7 Å². The molecule has 0 fully saturated rings. The van der Waals surface area contributed by atoms with Crippen molar-refractivity contribution in [3.63, 3.8) is 0 Å². The number of hydrogen-bond donors (Lipinski definition) is 2. The largest absolute Gasteiger partial charge is 0.312 e. The van der Waals surface area contributed by atoms with Gasteiger partial charge in [-0.2, -0.15) is 12.6 Å². The minimum absolute atomic E-state index is 0.0300. The summed E-state index contributed by atoms with van der Waals surface area (Å²) in [6.07, 6.45) is 0.794. The lowest BCUT2D eigenvalue weighted by Crippen LogP contribution is -1.92. The van der Waals surface area contributed by atoms with Crippen molar-refractivity contribution in [1.29, 1.82) is 0 Å². The Balaban J connectivity index is 2.19. The van der Waals surface area contributed by atoms with E-state index in [-0.39, 0.29) is 4.87 Å². The maximum Gasteiger partial charge on any atom is 0.304 e. The molecule has 0 radical (unpaired) electrons. The number of H-pyrrole nitrogens is 1. The van der Waals surface area contributed by atoms with Crippen molar-refractivity contribution < 1.29 is 0 Å². The first-order valence-electron chi connectivity index (χ1n) is 5.17. The van der Waals surface area contributed by atoms with E-state index in [9.17, 15) is 4.79 Å². The van der Waals surface area contributed by atoms with Gasteiger partial charge >= 0.3 is 4.87 Å². The highest BCUT2D eigenvalue weighted by molar-refractivity contribution is 7.80. The van der Waals surface area contributed by atoms with E-state index in [0.29, 0.717) is 0 Å². The summed E-state index contributed by atoms with van der Waals surface area (Å²) in [6.45, 7) is 0. The number of thiazole rings is 1. The lowest BCUT2D eigenvalue weighted by molar-refractivity contribution is 1.31. The summed E-state index contributed by atoms with van der Waals surface area (Å²) in [4.78, 5) is 13.8. The Morgan fingerprint density at radius 1 is 1.29 bits per heavy atom. The summed E-state index contributed by atoms with van der Waals surface area (Å²) < 4.78 is 0. The molecule has 2 aromatic rings. The summed E-state index contributed by atoms with van der Waals surface area (Å²) in [5, 5.41) is 1.82. The van der Waals surface area contributed by atoms with Crippen molar-refractivity contribution in [2.75, 3.05) is 5.75 Å². The average Bonchev–Trinajstić information content (AvgIpc) is 2.77. The normalized spacial score (nSPS) is 9.71. The third kappa shape index (κ3) is 3.26. The summed E-state index contributed by atoms with van der Waals surface area (Å²) in [5.74, 6) is 6.87. The summed E-state index contributed by atoms with van der Waals surface area (Å²) in [5.41, 5.74) is 2.84. The van der Waals surface area contributed by atoms with Crippen LogP contribution in [0.2, 0.25) is 0 Å². The van der Waals surface area contributed by atoms with E-state index in [1.807, 2.05) is 29.6 Å². The minimum atomic E-state index is -0.0300. The molecule has 1 N–H and O–H groups in total. The van der Waals surface area contributed by atoms with Gasteiger partial charge in [0, 0.05) is 23.1 Å². The second-order valence-corrected chi connectivity index (χ2v) is 4.70. The van der Waals surface area contributed by atoms with Gasteiger partial charge in [-0.05, 0) is 17.7 Å². The monoisotopic (exact) mass is 261 g/mol. The first-order valence-corrected chi connectivity index (χ1v) is 6.69. The highest BCUT2D eigenvalue weighted by Gasteiger charge is 1.99. The molecule has 0 aliphatic carbocycles. The van der Waals surface area contributed by atoms with Crippen LogP contribution in [0.4, 0.5) is 0 Å². The number of nitrogens with one attached hydrogen (secondary N) is 1. The van der Waals surface area contributed by atoms with E-state index in [1.165, 1.54) is 11.3 Å². The van der Waals surface area contributed by atoms with E-state index in [2.05, 4.69) is 29.5 Å². The SMILES string of the molecule is O=c1[nH]c(-c2ccc(C#CCCS)cc2)cs1. The number of aromatic nitrogens is 1. The predicted molar refractivity (Wildman–Crippen MR) is 75.7 cm³/mol. The zero-order chi connectivity index (χ0) is 12.1. The average molecular weight is 261 g/mol. The van der Waals surface area contributed by atoms with Crippen molar-refractivity contribution in [2.24, 2.45) is 0 Å². The van der Waals surface area contributed by atoms with Gasteiger partial charge < -0.3 is 4.98 Å². The Hall–Kier alpha value is -1.44. The predicted octanol–water partition coefficient (Wildman–Crippen LogP) is 2.77. The molecule has 0 atom stereocenters. The molecule has 0 aliphatic heterocycles. The minimum Gasteiger partial charge on any atom is -0.312 e. The van der Waals surface area contributed by atoms with Crippen LogP contribution in [0.15, 0.2) is 34.4 Å². The van der Waals surface area contributed by atoms with Gasteiger partial charge in [-0.3, -0.25) is 4.79 Å². The molecule has 1 heterocycles. The van der Waals surface area contributed by atoms with Gasteiger partial charge in [-0.15, -0.1) is 0 Å². The topological polar surface area (TPSA) is 32.9 Å². The molecule has 1 aromatic carbocycles. The van der Waals surface area contributed by atoms with Crippen molar-refractivity contribution in [3.05, 3.63) is 44.9 Å². The van der Waals surface area contributed by atoms with Crippen LogP contribution in [0.3, 0.4) is 0 Å². The van der Waals surface area contributed by atoms with Gasteiger partial charge in [0.05, 0.1) is 5.69 Å². The lowest BCUT2D eigenvalue weighted by atomic mass is 10.1. The Kier molecular flexibility index (Phi) is 4.08. The molecule has 0 saturated carbocycles. The Morgan fingerprint density at radius 2 is 2.06 bits per heavy atom. The molecule has 86 valence electrons. The summed E-state index contributed by atoms with van der Waals surface area (Å²) in [6, 6.07) is 7.83. The van der Waals surface area contributed by atoms with Gasteiger partial charge in [0.25, 0.3) is 0 Å². The van der Waals surface area contributed by atoms with E-state index < -0.39 is 0 Å². The number of rotatable bonds is 2. The first-order chi connectivity index (χ1) is 8.29. The Bertz CT molecular complexity index is 599. The number of thiol groups is 1. The molecule has 0 amide bonds. The molecular weight excluding hydrogens is 250 g/mol. The molecule has 0 bridgehead atoms. The highest BCUT2D eigenvalue weighted by atomic mass is 32.1. The first kappa shape index (κ1) is 12.0. The van der Waals surface area contributed by atoms with Gasteiger partial charge in [0.15, 0.2) is 0 Å². The molecule has 2 rings (SSSR count). The zero-order valence-corrected chi connectivity index (χ0v) is 10.8. The molecule has 0 saturated heterocycles. The Labute approximate surface area is 109 Å². The third-order valence-electron chi connectivity index (χ3n) is 2.19. The van der Waals surface area contributed by atoms with E-state index >= 15 is 0 Å². The van der Waals surface area contributed by atoms with Crippen LogP contribution in [0.1, 0.15) is 12.0 Å². The van der Waals surface area contributed by atoms with Crippen LogP contribution in [0.5, 0.6) is 0 Å². The van der Waals surface area contributed by atoms with Crippen LogP contribution >= 0.6 is 24.0 Å². The van der Waals surface area contributed by atoms with Crippen molar-refractivity contribution in [3.8, 4) is 23.1 Å². The zero-order valence-electron chi connectivity index (χ0n) is 9.06. The van der Waals surface area contributed by atoms with E-state index in [1.54, 1.807) is 0 Å². The molecule has 1 aromatic heterocycles. The molecule has 4 heteroatoms. The quantitative estimate of drug-likeness (QED) is 0.632. The molecule has 2 nitrogen and oxygen atoms in total. The maximum atomic E-state index is 11.0. The van der Waals surface area contributed by atoms with Crippen LogP contribution in [0, 0.1) is 11.8 Å². The molecular formula is C13H11NOS2. The van der Waals surface area contributed by atoms with E-state index in [4.69, 9.17) is 0 Å². The van der Waals surface area contributed by atoms with Crippen molar-refractivity contribution in [2.45, 2.75) is 6.42 Å². The Morgan fingerprint density at radius 3 is 2.65 bits per heavy atom. The van der Waals surface area contributed by atoms with Crippen molar-refractivity contribution in [1.82, 2.24) is 4.98 Å². The van der Waals surface area contributed by atoms with Gasteiger partial charge in [0.1, 0.15) is 0 Å². The van der Waals surface area contributed by atoms with Crippen LogP contribution in [0.25, 0.3) is 11.3 Å². The van der Waals surface area contributed by atoms with Crippen LogP contribution in [-0.2, 0) is 0 Å². The number of hydrogen-bond acceptors (Lipinski definition) is 3. The molecule has 0 unspecified atom stereocenters. The molecule has 17 heavy (non-hydrogen) atoms. The van der Waals surface area contributed by atoms with Gasteiger partial charge in [0.2, 0.25) is 0 Å². The highest BCUT2D eigenvalue weighted by Crippen LogP contribution is 2.17. The second-order valence-electron chi connectivity index (χ2n) is 3.41. The smallest absolute Gasteiger partial charge is 0.304 e. The molecule has 0 spiro atoms. The number of benzene rings is 1. The third-order valence-corrected chi connectivity index (χ3v) is 3.08. The molecule has 0 aliphatic rings. The summed E-state index contributed by atoms with van der Waals surface area (Å²) >= 11 is 5.27. The fourth-order valence-electron chi connectivity index (χ4n) is 1.38. The van der Waals surface area contributed by atoms with E-state index in [0.717, 1.165) is 29.0 Å². The maximum absolute atomic E-state index is 11.0. The van der Waals surface area contributed by atoms with Crippen molar-refractivity contribution >= 4 is 24.0 Å². The standard InChI is InChI=1S/C13H11NOS2/c15-13-14-12(9-17-13)11-6-4-10(5-7-11)3-1-2-8-16/h4-7,9,16H,2,8H2,(H,14,15). The summed E-state index contributed by atoms with van der Waals surface area (Å²) in [7, 11) is 0. The number of aromatic amines is 1. The second kappa shape index (κ2) is 5.76. The van der Waals surface area contributed by atoms with Crippen LogP contribution < -0.4 is 4.87 Å².